The first-order chi connectivity index (χ1) is 7.79. The molecule has 2 rings (SSSR count). The van der Waals surface area contributed by atoms with Crippen LogP contribution in [0.4, 0.5) is 0 Å². The summed E-state index contributed by atoms with van der Waals surface area (Å²) < 4.78 is 0. The second-order valence-corrected chi connectivity index (χ2v) is 5.76. The molecule has 0 aromatic carbocycles. The van der Waals surface area contributed by atoms with Crippen LogP contribution in [0.2, 0.25) is 0 Å². The minimum atomic E-state index is -0.160. The van der Waals surface area contributed by atoms with Gasteiger partial charge in [-0.3, -0.25) is 0 Å². The summed E-state index contributed by atoms with van der Waals surface area (Å²) in [6.45, 7) is 2.30. The number of rotatable bonds is 3. The standard InChI is InChI=1S/C15H26O/c1-2-3-12-4-6-13(7-5-12)14-8-10-15(16)11-9-14/h8,10,12-16H,2-7,9,11H2,1H3/t12-,13-,14?,15?. The van der Waals surface area contributed by atoms with Crippen molar-refractivity contribution in [2.45, 2.75) is 64.4 Å². The Hall–Kier alpha value is -0.300. The topological polar surface area (TPSA) is 20.2 Å². The van der Waals surface area contributed by atoms with Crippen LogP contribution in [0.3, 0.4) is 0 Å². The molecule has 0 spiro atoms. The van der Waals surface area contributed by atoms with E-state index in [1.54, 1.807) is 0 Å². The van der Waals surface area contributed by atoms with E-state index in [4.69, 9.17) is 0 Å². The maximum Gasteiger partial charge on any atom is 0.0721 e. The first-order valence-electron chi connectivity index (χ1n) is 7.16. The minimum Gasteiger partial charge on any atom is -0.389 e. The van der Waals surface area contributed by atoms with Gasteiger partial charge in [0.25, 0.3) is 0 Å². The van der Waals surface area contributed by atoms with Gasteiger partial charge in [-0.2, -0.15) is 0 Å². The van der Waals surface area contributed by atoms with Gasteiger partial charge in [-0.15, -0.1) is 0 Å². The maximum absolute atomic E-state index is 9.45. The Morgan fingerprint density at radius 2 is 1.75 bits per heavy atom. The summed E-state index contributed by atoms with van der Waals surface area (Å²) in [6.07, 6.45) is 14.9. The van der Waals surface area contributed by atoms with E-state index in [2.05, 4.69) is 13.0 Å². The van der Waals surface area contributed by atoms with E-state index in [9.17, 15) is 5.11 Å². The Morgan fingerprint density at radius 3 is 2.31 bits per heavy atom. The molecule has 2 atom stereocenters. The molecule has 0 heterocycles. The first-order valence-corrected chi connectivity index (χ1v) is 7.16. The molecular formula is C15H26O. The number of aliphatic hydroxyl groups is 1. The van der Waals surface area contributed by atoms with Gasteiger partial charge in [0.2, 0.25) is 0 Å². The van der Waals surface area contributed by atoms with Crippen molar-refractivity contribution in [3.05, 3.63) is 12.2 Å². The van der Waals surface area contributed by atoms with Gasteiger partial charge in [0.15, 0.2) is 0 Å². The molecule has 0 radical (unpaired) electrons. The van der Waals surface area contributed by atoms with Gasteiger partial charge in [0.1, 0.15) is 0 Å². The Labute approximate surface area is 99.9 Å². The lowest BCUT2D eigenvalue weighted by molar-refractivity contribution is 0.162. The summed E-state index contributed by atoms with van der Waals surface area (Å²) >= 11 is 0. The Morgan fingerprint density at radius 1 is 1.00 bits per heavy atom. The molecule has 1 saturated carbocycles. The van der Waals surface area contributed by atoms with Crippen LogP contribution in [0.25, 0.3) is 0 Å². The minimum absolute atomic E-state index is 0.160. The SMILES string of the molecule is CCC[C@H]1CC[C@H](C2C=CC(O)CC2)CC1. The second kappa shape index (κ2) is 5.86. The van der Waals surface area contributed by atoms with Crippen LogP contribution < -0.4 is 0 Å². The molecule has 2 aliphatic carbocycles. The average Bonchev–Trinajstić information content (AvgIpc) is 2.32. The number of allylic oxidation sites excluding steroid dienone is 1. The van der Waals surface area contributed by atoms with Gasteiger partial charge in [0.05, 0.1) is 6.10 Å². The molecule has 0 amide bonds. The molecular weight excluding hydrogens is 196 g/mol. The molecule has 0 bridgehead atoms. The molecule has 0 aromatic rings. The predicted octanol–water partition coefficient (Wildman–Crippen LogP) is 3.92. The van der Waals surface area contributed by atoms with Crippen molar-refractivity contribution >= 4 is 0 Å². The molecule has 1 fully saturated rings. The highest BCUT2D eigenvalue weighted by Crippen LogP contribution is 2.38. The van der Waals surface area contributed by atoms with E-state index in [1.807, 2.05) is 6.08 Å². The Bertz CT molecular complexity index is 226. The zero-order chi connectivity index (χ0) is 11.4. The molecule has 92 valence electrons. The molecule has 1 heteroatoms. The lowest BCUT2D eigenvalue weighted by Crippen LogP contribution is -2.24. The summed E-state index contributed by atoms with van der Waals surface area (Å²) in [5, 5.41) is 9.45. The second-order valence-electron chi connectivity index (χ2n) is 5.76. The smallest absolute Gasteiger partial charge is 0.0721 e. The van der Waals surface area contributed by atoms with Gasteiger partial charge in [-0.25, -0.2) is 0 Å². The van der Waals surface area contributed by atoms with Gasteiger partial charge < -0.3 is 5.11 Å². The van der Waals surface area contributed by atoms with Gasteiger partial charge in [0, 0.05) is 0 Å². The first kappa shape index (κ1) is 12.2. The number of aliphatic hydroxyl groups excluding tert-OH is 1. The number of hydrogen-bond acceptors (Lipinski definition) is 1. The highest BCUT2D eigenvalue weighted by Gasteiger charge is 2.27. The monoisotopic (exact) mass is 222 g/mol. The van der Waals surface area contributed by atoms with E-state index in [-0.39, 0.29) is 6.10 Å². The molecule has 1 nitrogen and oxygen atoms in total. The quantitative estimate of drug-likeness (QED) is 0.718. The van der Waals surface area contributed by atoms with Crippen LogP contribution in [0.5, 0.6) is 0 Å². The third kappa shape index (κ3) is 3.10. The van der Waals surface area contributed by atoms with E-state index >= 15 is 0 Å². The van der Waals surface area contributed by atoms with Crippen LogP contribution in [0, 0.1) is 17.8 Å². The maximum atomic E-state index is 9.45. The molecule has 2 unspecified atom stereocenters. The van der Waals surface area contributed by atoms with E-state index in [1.165, 1.54) is 44.9 Å². The third-order valence-electron chi connectivity index (χ3n) is 4.57. The van der Waals surface area contributed by atoms with Crippen molar-refractivity contribution in [1.29, 1.82) is 0 Å². The van der Waals surface area contributed by atoms with Crippen LogP contribution in [0.1, 0.15) is 58.3 Å². The lowest BCUT2D eigenvalue weighted by Gasteiger charge is -2.34. The van der Waals surface area contributed by atoms with Crippen molar-refractivity contribution in [3.8, 4) is 0 Å². The molecule has 0 saturated heterocycles. The lowest BCUT2D eigenvalue weighted by atomic mass is 9.72. The van der Waals surface area contributed by atoms with E-state index < -0.39 is 0 Å². The van der Waals surface area contributed by atoms with Gasteiger partial charge >= 0.3 is 0 Å². The van der Waals surface area contributed by atoms with Crippen molar-refractivity contribution < 1.29 is 5.11 Å². The van der Waals surface area contributed by atoms with Gasteiger partial charge in [-0.05, 0) is 43.4 Å². The summed E-state index contributed by atoms with van der Waals surface area (Å²) in [7, 11) is 0. The van der Waals surface area contributed by atoms with Crippen LogP contribution in [-0.4, -0.2) is 11.2 Å². The molecule has 0 aromatic heterocycles. The fourth-order valence-electron chi connectivity index (χ4n) is 3.53. The van der Waals surface area contributed by atoms with Crippen LogP contribution >= 0.6 is 0 Å². The van der Waals surface area contributed by atoms with E-state index in [0.717, 1.165) is 24.2 Å². The average molecular weight is 222 g/mol. The third-order valence-corrected chi connectivity index (χ3v) is 4.57. The molecule has 16 heavy (non-hydrogen) atoms. The molecule has 0 aliphatic heterocycles. The zero-order valence-corrected chi connectivity index (χ0v) is 10.6. The summed E-state index contributed by atoms with van der Waals surface area (Å²) in [6, 6.07) is 0. The van der Waals surface area contributed by atoms with Gasteiger partial charge in [-0.1, -0.05) is 44.8 Å². The van der Waals surface area contributed by atoms with Crippen LogP contribution in [-0.2, 0) is 0 Å². The Kier molecular flexibility index (Phi) is 4.45. The van der Waals surface area contributed by atoms with Crippen molar-refractivity contribution in [2.75, 3.05) is 0 Å². The van der Waals surface area contributed by atoms with Crippen molar-refractivity contribution in [1.82, 2.24) is 0 Å². The largest absolute Gasteiger partial charge is 0.389 e. The molecule has 1 N–H and O–H groups in total. The summed E-state index contributed by atoms with van der Waals surface area (Å²) in [5.41, 5.74) is 0. The highest BCUT2D eigenvalue weighted by molar-refractivity contribution is 5.01. The normalized spacial score (nSPS) is 39.9. The molecule has 2 aliphatic rings. The van der Waals surface area contributed by atoms with E-state index in [0.29, 0.717) is 0 Å². The fraction of sp³-hybridized carbons (Fsp3) is 0.867. The predicted molar refractivity (Wildman–Crippen MR) is 68.2 cm³/mol. The highest BCUT2D eigenvalue weighted by atomic mass is 16.3. The number of hydrogen-bond donors (Lipinski definition) is 1. The van der Waals surface area contributed by atoms with Crippen LogP contribution in [0.15, 0.2) is 12.2 Å². The van der Waals surface area contributed by atoms with Crippen molar-refractivity contribution in [3.63, 3.8) is 0 Å². The fourth-order valence-corrected chi connectivity index (χ4v) is 3.53. The summed E-state index contributed by atoms with van der Waals surface area (Å²) in [5.74, 6) is 2.70. The zero-order valence-electron chi connectivity index (χ0n) is 10.6. The van der Waals surface area contributed by atoms with Crippen molar-refractivity contribution in [2.24, 2.45) is 17.8 Å². The Balaban J connectivity index is 1.78. The summed E-state index contributed by atoms with van der Waals surface area (Å²) in [4.78, 5) is 0.